The van der Waals surface area contributed by atoms with Crippen molar-refractivity contribution >= 4 is 225 Å². The maximum absolute atomic E-state index is 9.63. The van der Waals surface area contributed by atoms with E-state index in [4.69, 9.17) is 38.8 Å². The molecule has 0 saturated heterocycles. The van der Waals surface area contributed by atoms with Gasteiger partial charge in [0.25, 0.3) is 0 Å². The van der Waals surface area contributed by atoms with Gasteiger partial charge >= 0.3 is 225 Å². The van der Waals surface area contributed by atoms with Gasteiger partial charge in [-0.1, -0.05) is 0 Å². The normalized spacial score (nSPS) is 9.15. The molecule has 20 heteroatoms. The van der Waals surface area contributed by atoms with E-state index in [1.165, 1.54) is 0 Å². The second-order valence-electron chi connectivity index (χ2n) is 1.58. The first-order valence-electron chi connectivity index (χ1n) is 2.31. The molecule has 0 fully saturated rings. The molecule has 0 rings (SSSR count). The van der Waals surface area contributed by atoms with Crippen molar-refractivity contribution in [1.29, 1.82) is 0 Å². The zero-order valence-electron chi connectivity index (χ0n) is 6.11. The monoisotopic (exact) mass is 474 g/mol. The number of phosphoric acid groups is 3. The zero-order valence-corrected chi connectivity index (χ0v) is 8.79. The summed E-state index contributed by atoms with van der Waals surface area (Å²) in [6.45, 7) is 0. The minimum atomic E-state index is -5.05. The summed E-state index contributed by atoms with van der Waals surface area (Å²) in [5.41, 5.74) is 0. The molecule has 0 aromatic heterocycles. The Morgan fingerprint density at radius 2 is 0.650 bits per heavy atom. The van der Waals surface area contributed by atoms with Crippen LogP contribution in [0.1, 0.15) is 0 Å². The maximum atomic E-state index is 9.63. The molecule has 0 unspecified atom stereocenters. The summed E-state index contributed by atoms with van der Waals surface area (Å²) in [6, 6.07) is 0. The van der Waals surface area contributed by atoms with Crippen LogP contribution in [0.4, 0.5) is 0 Å². The van der Waals surface area contributed by atoms with Crippen molar-refractivity contribution in [2.45, 2.75) is 0 Å². The van der Waals surface area contributed by atoms with Crippen molar-refractivity contribution in [3.63, 3.8) is 0 Å². The molecule has 0 amide bonds. The van der Waals surface area contributed by atoms with Gasteiger partial charge in [-0.05, 0) is 0 Å². The van der Waals surface area contributed by atoms with Gasteiger partial charge in [0.05, 0.1) is 0 Å². The van der Waals surface area contributed by atoms with Gasteiger partial charge in [0.2, 0.25) is 0 Å². The molecule has 0 heterocycles. The fourth-order valence-corrected chi connectivity index (χ4v) is 1.25. The first-order chi connectivity index (χ1) is 5.71. The molecular formula is H16Ca3Na3O11P3. The van der Waals surface area contributed by atoms with Crippen molar-refractivity contribution in [2.24, 2.45) is 0 Å². The van der Waals surface area contributed by atoms with Crippen LogP contribution < -0.4 is 0 Å². The molecule has 0 aliphatic heterocycles. The molecule has 20 heavy (non-hydrogen) atoms. The SMILES string of the molecule is O=P(O)(O)O.O=P(O)(O)OP(=O)(O)O.[CaH2].[CaH2].[CaH2].[NaH].[NaH].[NaH]. The molecule has 0 aliphatic carbocycles. The standard InChI is InChI=1S/3Ca.3Na.H4O7P2.H3O4P.9H/c;;;;;;1-8(2,3)7-9(4,5)6;1-5(2,3)4;;;;;;;;;/h;;;;;;(H2,1,2,3)(H2,4,5,6);(H3,1,2,3,4);;;;;;;;;. The Balaban J connectivity index is -0.0000000199. The molecule has 0 saturated carbocycles. The van der Waals surface area contributed by atoms with E-state index in [1.54, 1.807) is 0 Å². The first kappa shape index (κ1) is 50.6. The average Bonchev–Trinajstić information content (AvgIpc) is 1.42. The van der Waals surface area contributed by atoms with E-state index in [0.29, 0.717) is 0 Å². The molecule has 0 bridgehead atoms. The molecule has 0 radical (unpaired) electrons. The van der Waals surface area contributed by atoms with Crippen molar-refractivity contribution in [3.8, 4) is 0 Å². The van der Waals surface area contributed by atoms with Crippen LogP contribution in [0.25, 0.3) is 0 Å². The number of rotatable bonds is 2. The van der Waals surface area contributed by atoms with Crippen molar-refractivity contribution in [3.05, 3.63) is 0 Å². The van der Waals surface area contributed by atoms with E-state index in [-0.39, 0.29) is 202 Å². The van der Waals surface area contributed by atoms with Gasteiger partial charge in [0.1, 0.15) is 0 Å². The number of hydrogen-bond donors (Lipinski definition) is 7. The Hall–Kier alpha value is 7.15. The van der Waals surface area contributed by atoms with E-state index < -0.39 is 23.5 Å². The fraction of sp³-hybridized carbons (Fsp3) is 0. The van der Waals surface area contributed by atoms with Crippen LogP contribution in [-0.4, -0.2) is 236 Å². The predicted molar refractivity (Wildman–Crippen MR) is 86.5 cm³/mol. The second-order valence-corrected chi connectivity index (χ2v) is 5.22. The summed E-state index contributed by atoms with van der Waals surface area (Å²) in [5.74, 6) is 0. The van der Waals surface area contributed by atoms with Crippen LogP contribution >= 0.6 is 23.5 Å². The van der Waals surface area contributed by atoms with Crippen LogP contribution in [0.3, 0.4) is 0 Å². The van der Waals surface area contributed by atoms with Gasteiger partial charge in [-0.25, -0.2) is 13.7 Å². The minimum absolute atomic E-state index is 0. The summed E-state index contributed by atoms with van der Waals surface area (Å²) in [6.07, 6.45) is 0. The van der Waals surface area contributed by atoms with Gasteiger partial charge < -0.3 is 34.3 Å². The van der Waals surface area contributed by atoms with Crippen molar-refractivity contribution in [2.75, 3.05) is 0 Å². The van der Waals surface area contributed by atoms with E-state index in [0.717, 1.165) is 0 Å². The van der Waals surface area contributed by atoms with E-state index >= 15 is 0 Å². The van der Waals surface area contributed by atoms with Crippen LogP contribution in [-0.2, 0) is 18.0 Å². The van der Waals surface area contributed by atoms with Crippen LogP contribution in [0.2, 0.25) is 0 Å². The van der Waals surface area contributed by atoms with E-state index in [9.17, 15) is 9.13 Å². The second kappa shape index (κ2) is 24.2. The molecule has 106 valence electrons. The topological polar surface area (TPSA) is 202 Å². The predicted octanol–water partition coefficient (Wildman–Crippen LogP) is -6.43. The Labute approximate surface area is 270 Å². The quantitative estimate of drug-likeness (QED) is 0.148. The molecule has 0 aliphatic rings. The fourth-order valence-electron chi connectivity index (χ4n) is 0.139. The summed E-state index contributed by atoms with van der Waals surface area (Å²) in [5, 5.41) is 0. The zero-order chi connectivity index (χ0) is 12.2. The Morgan fingerprint density at radius 1 is 0.550 bits per heavy atom. The Bertz CT molecular complexity index is 277. The third kappa shape index (κ3) is 84.8. The van der Waals surface area contributed by atoms with Crippen molar-refractivity contribution < 1.29 is 52.3 Å². The van der Waals surface area contributed by atoms with Gasteiger partial charge in [-0.3, -0.25) is 0 Å². The van der Waals surface area contributed by atoms with Crippen molar-refractivity contribution in [1.82, 2.24) is 0 Å². The van der Waals surface area contributed by atoms with Gasteiger partial charge in [0, 0.05) is 0 Å². The molecule has 0 aromatic rings. The third-order valence-electron chi connectivity index (χ3n) is 0.213. The molecular weight excluding hydrogens is 458 g/mol. The van der Waals surface area contributed by atoms with Gasteiger partial charge in [-0.15, -0.1) is 0 Å². The summed E-state index contributed by atoms with van der Waals surface area (Å²) in [4.78, 5) is 52.6. The third-order valence-corrected chi connectivity index (χ3v) is 1.91. The van der Waals surface area contributed by atoms with Gasteiger partial charge in [0.15, 0.2) is 0 Å². The Morgan fingerprint density at radius 3 is 0.650 bits per heavy atom. The van der Waals surface area contributed by atoms with E-state index in [1.807, 2.05) is 0 Å². The Kier molecular flexibility index (Phi) is 61.2. The molecule has 7 N–H and O–H groups in total. The van der Waals surface area contributed by atoms with Crippen LogP contribution in [0.5, 0.6) is 0 Å². The molecule has 11 nitrogen and oxygen atoms in total. The molecule has 0 spiro atoms. The first-order valence-corrected chi connectivity index (χ1v) is 6.94. The summed E-state index contributed by atoms with van der Waals surface area (Å²) >= 11 is 0. The van der Waals surface area contributed by atoms with Crippen LogP contribution in [0.15, 0.2) is 0 Å². The average molecular weight is 474 g/mol. The summed E-state index contributed by atoms with van der Waals surface area (Å²) in [7, 11) is -14.7. The number of hydrogen-bond acceptors (Lipinski definition) is 4. The molecule has 0 aromatic carbocycles. The van der Waals surface area contributed by atoms with Gasteiger partial charge in [-0.2, -0.15) is 4.31 Å². The van der Waals surface area contributed by atoms with E-state index in [2.05, 4.69) is 4.31 Å². The van der Waals surface area contributed by atoms with Crippen LogP contribution in [0, 0.1) is 0 Å². The molecule has 0 atom stereocenters. The summed E-state index contributed by atoms with van der Waals surface area (Å²) < 4.78 is 31.1.